The average Bonchev–Trinajstić information content (AvgIpc) is 2.19. The van der Waals surface area contributed by atoms with Gasteiger partial charge in [0, 0.05) is 13.7 Å². The first kappa shape index (κ1) is 18.0. The SMILES string of the molecule is COCCN(CC(O)C(F)(F)F)C(=O)OC(C)(C)C. The number of alkyl halides is 3. The maximum absolute atomic E-state index is 12.3. The third-order valence-electron chi connectivity index (χ3n) is 1.99. The van der Waals surface area contributed by atoms with Crippen molar-refractivity contribution < 1.29 is 32.5 Å². The summed E-state index contributed by atoms with van der Waals surface area (Å²) >= 11 is 0. The summed E-state index contributed by atoms with van der Waals surface area (Å²) in [7, 11) is 1.35. The van der Waals surface area contributed by atoms with Gasteiger partial charge in [-0.05, 0) is 20.8 Å². The van der Waals surface area contributed by atoms with E-state index in [0.717, 1.165) is 4.90 Å². The number of methoxy groups -OCH3 is 1. The van der Waals surface area contributed by atoms with Crippen molar-refractivity contribution in [3.63, 3.8) is 0 Å². The van der Waals surface area contributed by atoms with Crippen LogP contribution in [0, 0.1) is 0 Å². The number of hydrogen-bond acceptors (Lipinski definition) is 4. The summed E-state index contributed by atoms with van der Waals surface area (Å²) in [6.45, 7) is 3.85. The Morgan fingerprint density at radius 2 is 1.84 bits per heavy atom. The van der Waals surface area contributed by atoms with Gasteiger partial charge in [-0.25, -0.2) is 4.79 Å². The van der Waals surface area contributed by atoms with Crippen LogP contribution in [0.25, 0.3) is 0 Å². The van der Waals surface area contributed by atoms with E-state index in [4.69, 9.17) is 14.6 Å². The minimum atomic E-state index is -4.78. The van der Waals surface area contributed by atoms with Crippen molar-refractivity contribution >= 4 is 6.09 Å². The molecule has 0 saturated carbocycles. The Hall–Kier alpha value is -1.02. The number of amides is 1. The minimum Gasteiger partial charge on any atom is -0.444 e. The molecule has 8 heteroatoms. The Balaban J connectivity index is 4.67. The third-order valence-corrected chi connectivity index (χ3v) is 1.99. The molecular weight excluding hydrogens is 267 g/mol. The number of carbonyl (C=O) groups excluding carboxylic acids is 1. The van der Waals surface area contributed by atoms with Gasteiger partial charge < -0.3 is 19.5 Å². The highest BCUT2D eigenvalue weighted by atomic mass is 19.4. The lowest BCUT2D eigenvalue weighted by molar-refractivity contribution is -0.207. The Labute approximate surface area is 110 Å². The molecule has 0 saturated heterocycles. The summed E-state index contributed by atoms with van der Waals surface area (Å²) in [4.78, 5) is 12.5. The van der Waals surface area contributed by atoms with E-state index in [9.17, 15) is 18.0 Å². The standard InChI is InChI=1S/C11H20F3NO4/c1-10(2,3)19-9(17)15(5-6-18-4)7-8(16)11(12,13)14/h8,16H,5-7H2,1-4H3. The Morgan fingerprint density at radius 3 is 2.21 bits per heavy atom. The molecule has 0 aliphatic heterocycles. The van der Waals surface area contributed by atoms with Gasteiger partial charge in [0.05, 0.1) is 13.2 Å². The summed E-state index contributed by atoms with van der Waals surface area (Å²) in [5, 5.41) is 8.99. The van der Waals surface area contributed by atoms with E-state index in [1.165, 1.54) is 7.11 Å². The topological polar surface area (TPSA) is 59.0 Å². The molecule has 114 valence electrons. The molecule has 0 aromatic heterocycles. The van der Waals surface area contributed by atoms with Crippen molar-refractivity contribution in [3.05, 3.63) is 0 Å². The van der Waals surface area contributed by atoms with Crippen LogP contribution in [0.5, 0.6) is 0 Å². The molecule has 0 spiro atoms. The summed E-state index contributed by atoms with van der Waals surface area (Å²) in [5.41, 5.74) is -0.828. The maximum atomic E-state index is 12.3. The van der Waals surface area contributed by atoms with Crippen LogP contribution < -0.4 is 0 Å². The molecule has 0 heterocycles. The molecule has 1 N–H and O–H groups in total. The molecule has 1 amide bonds. The molecule has 1 atom stereocenters. The van der Waals surface area contributed by atoms with Crippen LogP contribution in [0.3, 0.4) is 0 Å². The van der Waals surface area contributed by atoms with Gasteiger partial charge in [0.15, 0.2) is 6.10 Å². The van der Waals surface area contributed by atoms with Gasteiger partial charge in [-0.3, -0.25) is 0 Å². The zero-order valence-corrected chi connectivity index (χ0v) is 11.5. The second-order valence-electron chi connectivity index (χ2n) is 4.98. The summed E-state index contributed by atoms with van der Waals surface area (Å²) in [5.74, 6) is 0. The third kappa shape index (κ3) is 7.89. The number of rotatable bonds is 5. The second-order valence-corrected chi connectivity index (χ2v) is 4.98. The van der Waals surface area contributed by atoms with Crippen LogP contribution in [0.4, 0.5) is 18.0 Å². The normalized spacial score (nSPS) is 14.1. The fourth-order valence-electron chi connectivity index (χ4n) is 1.10. The van der Waals surface area contributed by atoms with E-state index < -0.39 is 30.5 Å². The van der Waals surface area contributed by atoms with E-state index in [-0.39, 0.29) is 13.2 Å². The van der Waals surface area contributed by atoms with E-state index >= 15 is 0 Å². The fraction of sp³-hybridized carbons (Fsp3) is 0.909. The molecule has 0 radical (unpaired) electrons. The first-order valence-electron chi connectivity index (χ1n) is 5.69. The van der Waals surface area contributed by atoms with E-state index in [1.807, 2.05) is 0 Å². The number of aliphatic hydroxyl groups excluding tert-OH is 1. The van der Waals surface area contributed by atoms with Crippen molar-refractivity contribution in [2.45, 2.75) is 38.7 Å². The van der Waals surface area contributed by atoms with Gasteiger partial charge in [0.25, 0.3) is 0 Å². The van der Waals surface area contributed by atoms with Crippen molar-refractivity contribution in [3.8, 4) is 0 Å². The van der Waals surface area contributed by atoms with Crippen LogP contribution >= 0.6 is 0 Å². The van der Waals surface area contributed by atoms with Crippen molar-refractivity contribution in [2.75, 3.05) is 26.8 Å². The lowest BCUT2D eigenvalue weighted by Crippen LogP contribution is -2.46. The Bertz CT molecular complexity index is 289. The van der Waals surface area contributed by atoms with E-state index in [2.05, 4.69) is 0 Å². The maximum Gasteiger partial charge on any atom is 0.416 e. The molecule has 19 heavy (non-hydrogen) atoms. The first-order chi connectivity index (χ1) is 8.47. The van der Waals surface area contributed by atoms with Crippen molar-refractivity contribution in [1.82, 2.24) is 4.90 Å². The van der Waals surface area contributed by atoms with Crippen LogP contribution in [0.1, 0.15) is 20.8 Å². The highest BCUT2D eigenvalue weighted by Gasteiger charge is 2.40. The van der Waals surface area contributed by atoms with Gasteiger partial charge in [-0.15, -0.1) is 0 Å². The van der Waals surface area contributed by atoms with Crippen molar-refractivity contribution in [1.29, 1.82) is 0 Å². The summed E-state index contributed by atoms with van der Waals surface area (Å²) < 4.78 is 46.5. The van der Waals surface area contributed by atoms with Crippen LogP contribution in [-0.2, 0) is 9.47 Å². The number of hydrogen-bond donors (Lipinski definition) is 1. The average molecular weight is 287 g/mol. The van der Waals surface area contributed by atoms with E-state index in [0.29, 0.717) is 0 Å². The number of halogens is 3. The second kappa shape index (κ2) is 6.95. The van der Waals surface area contributed by atoms with E-state index in [1.54, 1.807) is 20.8 Å². The number of ether oxygens (including phenoxy) is 2. The molecule has 1 unspecified atom stereocenters. The molecule has 0 aromatic rings. The molecule has 5 nitrogen and oxygen atoms in total. The quantitative estimate of drug-likeness (QED) is 0.837. The van der Waals surface area contributed by atoms with Crippen LogP contribution in [-0.4, -0.2) is 60.8 Å². The molecule has 0 aliphatic rings. The highest BCUT2D eigenvalue weighted by molar-refractivity contribution is 5.68. The Morgan fingerprint density at radius 1 is 1.32 bits per heavy atom. The van der Waals surface area contributed by atoms with Crippen LogP contribution in [0.15, 0.2) is 0 Å². The van der Waals surface area contributed by atoms with Gasteiger partial charge in [-0.2, -0.15) is 13.2 Å². The predicted octanol–water partition coefficient (Wildman–Crippen LogP) is 1.79. The van der Waals surface area contributed by atoms with Gasteiger partial charge in [0.2, 0.25) is 0 Å². The minimum absolute atomic E-state index is 0.0455. The lowest BCUT2D eigenvalue weighted by Gasteiger charge is -2.29. The smallest absolute Gasteiger partial charge is 0.416 e. The zero-order valence-electron chi connectivity index (χ0n) is 11.5. The first-order valence-corrected chi connectivity index (χ1v) is 5.69. The molecule has 0 fully saturated rings. The van der Waals surface area contributed by atoms with Crippen LogP contribution in [0.2, 0.25) is 0 Å². The fourth-order valence-corrected chi connectivity index (χ4v) is 1.10. The molecule has 0 aliphatic carbocycles. The number of nitrogens with zero attached hydrogens (tertiary/aromatic N) is 1. The zero-order chi connectivity index (χ0) is 15.3. The van der Waals surface area contributed by atoms with Gasteiger partial charge in [0.1, 0.15) is 5.60 Å². The largest absolute Gasteiger partial charge is 0.444 e. The molecule has 0 rings (SSSR count). The molecule has 0 aromatic carbocycles. The number of aliphatic hydroxyl groups is 1. The predicted molar refractivity (Wildman–Crippen MR) is 61.7 cm³/mol. The lowest BCUT2D eigenvalue weighted by atomic mass is 10.2. The van der Waals surface area contributed by atoms with Crippen molar-refractivity contribution in [2.24, 2.45) is 0 Å². The number of carbonyl (C=O) groups is 1. The van der Waals surface area contributed by atoms with Gasteiger partial charge in [-0.1, -0.05) is 0 Å². The molecule has 0 bridgehead atoms. The molecular formula is C11H20F3NO4. The monoisotopic (exact) mass is 287 g/mol. The summed E-state index contributed by atoms with van der Waals surface area (Å²) in [6.07, 6.45) is -8.32. The highest BCUT2D eigenvalue weighted by Crippen LogP contribution is 2.21. The summed E-state index contributed by atoms with van der Waals surface area (Å²) in [6, 6.07) is 0. The van der Waals surface area contributed by atoms with Gasteiger partial charge >= 0.3 is 12.3 Å². The Kier molecular flexibility index (Phi) is 6.58.